The van der Waals surface area contributed by atoms with Crippen LogP contribution in [0.25, 0.3) is 12.2 Å². The predicted molar refractivity (Wildman–Crippen MR) is 65.0 cm³/mol. The van der Waals surface area contributed by atoms with Crippen LogP contribution in [0.3, 0.4) is 0 Å². The number of rotatable bonds is 2. The Labute approximate surface area is 92.9 Å². The van der Waals surface area contributed by atoms with Crippen molar-refractivity contribution in [3.63, 3.8) is 0 Å². The smallest absolute Gasteiger partial charge is 0.0994 e. The van der Waals surface area contributed by atoms with Crippen molar-refractivity contribution in [2.24, 2.45) is 0 Å². The van der Waals surface area contributed by atoms with E-state index < -0.39 is 0 Å². The highest BCUT2D eigenvalue weighted by Gasteiger charge is 1.88. The molecule has 1 nitrogen and oxygen atoms in total. The summed E-state index contributed by atoms with van der Waals surface area (Å²) in [6, 6.07) is 14.2. The Balaban J connectivity index is 2.15. The Bertz CT molecular complexity index is 446. The van der Waals surface area contributed by atoms with Gasteiger partial charge in [-0.2, -0.15) is 0 Å². The Hall–Kier alpha value is -1.67. The van der Waals surface area contributed by atoms with Gasteiger partial charge in [0, 0.05) is 11.5 Å². The van der Waals surface area contributed by atoms with Gasteiger partial charge in [-0.25, -0.2) is 0 Å². The van der Waals surface area contributed by atoms with Crippen LogP contribution in [-0.4, -0.2) is 15.2 Å². The quantitative estimate of drug-likeness (QED) is 0.688. The molecule has 0 saturated heterocycles. The molecule has 0 fully saturated rings. The third kappa shape index (κ3) is 2.89. The molecule has 0 amide bonds. The topological polar surface area (TPSA) is 12.9 Å². The summed E-state index contributed by atoms with van der Waals surface area (Å²) in [4.78, 5) is 4.15. The molecular formula is C13H10NSi. The van der Waals surface area contributed by atoms with Crippen LogP contribution < -0.4 is 5.32 Å². The lowest BCUT2D eigenvalue weighted by atomic mass is 10.2. The summed E-state index contributed by atoms with van der Waals surface area (Å²) in [6.45, 7) is 0. The first-order valence-electron chi connectivity index (χ1n) is 4.75. The average molecular weight is 208 g/mol. The van der Waals surface area contributed by atoms with Crippen molar-refractivity contribution in [2.75, 3.05) is 0 Å². The van der Waals surface area contributed by atoms with E-state index in [0.29, 0.717) is 0 Å². The minimum atomic E-state index is 0.854. The molecule has 3 radical (unpaired) electrons. The molecule has 0 bridgehead atoms. The molecule has 0 saturated carbocycles. The second-order valence-corrected chi connectivity index (χ2v) is 3.73. The molecule has 0 atom stereocenters. The lowest BCUT2D eigenvalue weighted by Crippen LogP contribution is -2.05. The van der Waals surface area contributed by atoms with Crippen molar-refractivity contribution in [1.29, 1.82) is 0 Å². The van der Waals surface area contributed by atoms with Gasteiger partial charge in [-0.05, 0) is 17.2 Å². The van der Waals surface area contributed by atoms with Gasteiger partial charge in [0.05, 0.1) is 10.2 Å². The second-order valence-electron chi connectivity index (χ2n) is 3.22. The number of aromatic nitrogens is 1. The third-order valence-electron chi connectivity index (χ3n) is 2.05. The van der Waals surface area contributed by atoms with Gasteiger partial charge in [0.2, 0.25) is 0 Å². The van der Waals surface area contributed by atoms with Gasteiger partial charge in [0.15, 0.2) is 0 Å². The first kappa shape index (κ1) is 9.87. The van der Waals surface area contributed by atoms with Crippen molar-refractivity contribution in [1.82, 2.24) is 4.98 Å². The van der Waals surface area contributed by atoms with Crippen LogP contribution in [0.4, 0.5) is 0 Å². The van der Waals surface area contributed by atoms with E-state index in [0.717, 1.165) is 10.9 Å². The molecular weight excluding hydrogens is 198 g/mol. The zero-order valence-corrected chi connectivity index (χ0v) is 9.22. The van der Waals surface area contributed by atoms with E-state index >= 15 is 0 Å². The normalized spacial score (nSPS) is 10.7. The van der Waals surface area contributed by atoms with E-state index in [2.05, 4.69) is 33.4 Å². The molecule has 1 aromatic carbocycles. The standard InChI is InChI=1S/C13H10NSi/c15-13-9-8-12(10-14-13)7-6-11-4-2-1-3-5-11/h1-10H. The fourth-order valence-electron chi connectivity index (χ4n) is 1.26. The van der Waals surface area contributed by atoms with Gasteiger partial charge in [-0.15, -0.1) is 0 Å². The summed E-state index contributed by atoms with van der Waals surface area (Å²) in [5.41, 5.74) is 2.29. The highest BCUT2D eigenvalue weighted by atomic mass is 28.1. The number of nitrogens with zero attached hydrogens (tertiary/aromatic N) is 1. The maximum absolute atomic E-state index is 4.15. The molecule has 1 heterocycles. The number of benzene rings is 1. The summed E-state index contributed by atoms with van der Waals surface area (Å²) in [7, 11) is 3.35. The molecule has 0 aliphatic heterocycles. The molecule has 0 spiro atoms. The molecule has 2 heteroatoms. The van der Waals surface area contributed by atoms with Gasteiger partial charge in [-0.1, -0.05) is 48.6 Å². The fraction of sp³-hybridized carbons (Fsp3) is 0. The zero-order valence-electron chi connectivity index (χ0n) is 8.22. The minimum absolute atomic E-state index is 0.854. The van der Waals surface area contributed by atoms with Crippen LogP contribution in [0.1, 0.15) is 11.1 Å². The van der Waals surface area contributed by atoms with Gasteiger partial charge >= 0.3 is 0 Å². The van der Waals surface area contributed by atoms with Crippen molar-refractivity contribution in [3.05, 3.63) is 59.8 Å². The molecule has 0 N–H and O–H groups in total. The van der Waals surface area contributed by atoms with Gasteiger partial charge in [0.25, 0.3) is 0 Å². The Kier molecular flexibility index (Phi) is 3.10. The summed E-state index contributed by atoms with van der Waals surface area (Å²) in [5, 5.41) is 0.854. The van der Waals surface area contributed by atoms with Crippen LogP contribution in [0.15, 0.2) is 48.7 Å². The summed E-state index contributed by atoms with van der Waals surface area (Å²) >= 11 is 0. The Morgan fingerprint density at radius 3 is 2.27 bits per heavy atom. The number of pyridine rings is 1. The third-order valence-corrected chi connectivity index (χ3v) is 2.35. The molecule has 2 aromatic rings. The van der Waals surface area contributed by atoms with Crippen LogP contribution >= 0.6 is 0 Å². The van der Waals surface area contributed by atoms with E-state index in [4.69, 9.17) is 0 Å². The molecule has 0 aliphatic rings. The molecule has 0 unspecified atom stereocenters. The van der Waals surface area contributed by atoms with Gasteiger partial charge < -0.3 is 0 Å². The molecule has 2 rings (SSSR count). The van der Waals surface area contributed by atoms with E-state index in [1.807, 2.05) is 42.6 Å². The first-order chi connectivity index (χ1) is 7.34. The van der Waals surface area contributed by atoms with Crippen LogP contribution in [0.5, 0.6) is 0 Å². The maximum atomic E-state index is 4.15. The predicted octanol–water partition coefficient (Wildman–Crippen LogP) is 2.05. The van der Waals surface area contributed by atoms with E-state index in [1.165, 1.54) is 5.56 Å². The first-order valence-corrected chi connectivity index (χ1v) is 5.25. The van der Waals surface area contributed by atoms with E-state index in [-0.39, 0.29) is 0 Å². The van der Waals surface area contributed by atoms with E-state index in [1.54, 1.807) is 0 Å². The Morgan fingerprint density at radius 2 is 1.60 bits per heavy atom. The molecule has 71 valence electrons. The Morgan fingerprint density at radius 1 is 0.867 bits per heavy atom. The van der Waals surface area contributed by atoms with Crippen LogP contribution in [0.2, 0.25) is 0 Å². The van der Waals surface area contributed by atoms with Crippen molar-refractivity contribution in [3.8, 4) is 0 Å². The number of hydrogen-bond acceptors (Lipinski definition) is 1. The molecule has 15 heavy (non-hydrogen) atoms. The highest BCUT2D eigenvalue weighted by molar-refractivity contribution is 6.30. The van der Waals surface area contributed by atoms with Crippen molar-refractivity contribution >= 4 is 27.7 Å². The highest BCUT2D eigenvalue weighted by Crippen LogP contribution is 2.05. The maximum Gasteiger partial charge on any atom is 0.0994 e. The second kappa shape index (κ2) is 4.71. The molecule has 0 aliphatic carbocycles. The lowest BCUT2D eigenvalue weighted by Gasteiger charge is -1.94. The van der Waals surface area contributed by atoms with Gasteiger partial charge in [-0.3, -0.25) is 4.98 Å². The minimum Gasteiger partial charge on any atom is -0.266 e. The summed E-state index contributed by atoms with van der Waals surface area (Å²) in [6.07, 6.45) is 5.96. The summed E-state index contributed by atoms with van der Waals surface area (Å²) in [5.74, 6) is 0. The summed E-state index contributed by atoms with van der Waals surface area (Å²) < 4.78 is 0. The van der Waals surface area contributed by atoms with Crippen LogP contribution in [0, 0.1) is 0 Å². The van der Waals surface area contributed by atoms with Crippen LogP contribution in [-0.2, 0) is 0 Å². The van der Waals surface area contributed by atoms with Crippen molar-refractivity contribution in [2.45, 2.75) is 0 Å². The van der Waals surface area contributed by atoms with Crippen molar-refractivity contribution < 1.29 is 0 Å². The number of hydrogen-bond donors (Lipinski definition) is 0. The SMILES string of the molecule is [Si]c1ccc(C=Cc2ccccc2)cn1. The molecule has 1 aromatic heterocycles. The fourth-order valence-corrected chi connectivity index (χ4v) is 1.41. The average Bonchev–Trinajstić information content (AvgIpc) is 2.30. The largest absolute Gasteiger partial charge is 0.266 e. The zero-order chi connectivity index (χ0) is 10.5. The lowest BCUT2D eigenvalue weighted by molar-refractivity contribution is 1.37. The van der Waals surface area contributed by atoms with E-state index in [9.17, 15) is 0 Å². The van der Waals surface area contributed by atoms with Gasteiger partial charge in [0.1, 0.15) is 0 Å². The monoisotopic (exact) mass is 208 g/mol.